The molecule has 0 bridgehead atoms. The number of carboxylic acid groups (broad SMARTS) is 1. The molecular weight excluding hydrogens is 260 g/mol. The van der Waals surface area contributed by atoms with E-state index in [2.05, 4.69) is 5.32 Å². The molecule has 4 N–H and O–H groups in total. The van der Waals surface area contributed by atoms with E-state index >= 15 is 0 Å². The number of carboxylic acids is 1. The summed E-state index contributed by atoms with van der Waals surface area (Å²) in [6.07, 6.45) is 3.78. The normalized spacial score (nSPS) is 25.4. The summed E-state index contributed by atoms with van der Waals surface area (Å²) in [5.74, 6) is -2.06. The second kappa shape index (κ2) is 7.87. The minimum absolute atomic E-state index is 0.174. The zero-order chi connectivity index (χ0) is 15.1. The van der Waals surface area contributed by atoms with Crippen molar-refractivity contribution < 1.29 is 19.5 Å². The van der Waals surface area contributed by atoms with Crippen LogP contribution in [0.25, 0.3) is 0 Å². The zero-order valence-electron chi connectivity index (χ0n) is 11.9. The van der Waals surface area contributed by atoms with Crippen molar-refractivity contribution in [3.05, 3.63) is 0 Å². The van der Waals surface area contributed by atoms with Crippen LogP contribution in [-0.4, -0.2) is 29.4 Å². The molecule has 0 radical (unpaired) electrons. The summed E-state index contributed by atoms with van der Waals surface area (Å²) in [6, 6.07) is 0. The van der Waals surface area contributed by atoms with Gasteiger partial charge in [0.2, 0.25) is 11.8 Å². The van der Waals surface area contributed by atoms with Crippen molar-refractivity contribution >= 4 is 17.8 Å². The van der Waals surface area contributed by atoms with Crippen molar-refractivity contribution in [2.45, 2.75) is 45.4 Å². The van der Waals surface area contributed by atoms with Crippen LogP contribution in [0.4, 0.5) is 0 Å². The first-order valence-corrected chi connectivity index (χ1v) is 7.24. The Morgan fingerprint density at radius 3 is 2.40 bits per heavy atom. The fourth-order valence-electron chi connectivity index (χ4n) is 2.81. The molecule has 0 aromatic heterocycles. The fraction of sp³-hybridized carbons (Fsp3) is 0.786. The Bertz CT molecular complexity index is 370. The number of nitrogens with one attached hydrogen (secondary N) is 1. The molecular formula is C14H24N2O4. The molecule has 0 heterocycles. The first-order chi connectivity index (χ1) is 9.45. The van der Waals surface area contributed by atoms with E-state index in [0.717, 1.165) is 6.42 Å². The van der Waals surface area contributed by atoms with Crippen LogP contribution in [0.1, 0.15) is 45.4 Å². The standard InChI is InChI=1S/C14H24N2O4/c1-2-9-7-10(11(8-9)14(19)20)13(18)16-6-4-3-5-12(15)17/h9-11H,2-8H2,1H3,(H2,15,17)(H,16,18)(H,19,20)/t9?,10-,11+/m0/s1. The maximum absolute atomic E-state index is 12.1. The van der Waals surface area contributed by atoms with Crippen molar-refractivity contribution in [3.63, 3.8) is 0 Å². The first kappa shape index (κ1) is 16.5. The van der Waals surface area contributed by atoms with Crippen LogP contribution in [0, 0.1) is 17.8 Å². The lowest BCUT2D eigenvalue weighted by Crippen LogP contribution is -2.35. The van der Waals surface area contributed by atoms with Gasteiger partial charge in [0.15, 0.2) is 0 Å². The second-order valence-electron chi connectivity index (χ2n) is 5.51. The highest BCUT2D eigenvalue weighted by atomic mass is 16.4. The predicted octanol–water partition coefficient (Wildman–Crippen LogP) is 0.895. The quantitative estimate of drug-likeness (QED) is 0.575. The number of primary amides is 1. The number of hydrogen-bond donors (Lipinski definition) is 3. The Morgan fingerprint density at radius 2 is 1.85 bits per heavy atom. The molecule has 1 rings (SSSR count). The molecule has 20 heavy (non-hydrogen) atoms. The van der Waals surface area contributed by atoms with E-state index in [9.17, 15) is 19.5 Å². The molecule has 0 saturated heterocycles. The van der Waals surface area contributed by atoms with Gasteiger partial charge in [-0.25, -0.2) is 0 Å². The van der Waals surface area contributed by atoms with Crippen molar-refractivity contribution in [2.75, 3.05) is 6.54 Å². The van der Waals surface area contributed by atoms with Gasteiger partial charge < -0.3 is 16.2 Å². The molecule has 1 unspecified atom stereocenters. The smallest absolute Gasteiger partial charge is 0.307 e. The summed E-state index contributed by atoms with van der Waals surface area (Å²) in [6.45, 7) is 2.49. The third-order valence-corrected chi connectivity index (χ3v) is 4.04. The molecule has 114 valence electrons. The molecule has 0 aliphatic heterocycles. The van der Waals surface area contributed by atoms with Crippen molar-refractivity contribution in [2.24, 2.45) is 23.5 Å². The van der Waals surface area contributed by atoms with Crippen LogP contribution in [-0.2, 0) is 14.4 Å². The molecule has 0 spiro atoms. The Balaban J connectivity index is 2.37. The maximum Gasteiger partial charge on any atom is 0.307 e. The van der Waals surface area contributed by atoms with Crippen molar-refractivity contribution in [1.29, 1.82) is 0 Å². The Hall–Kier alpha value is -1.59. The lowest BCUT2D eigenvalue weighted by Gasteiger charge is -2.15. The third-order valence-electron chi connectivity index (χ3n) is 4.04. The van der Waals surface area contributed by atoms with Gasteiger partial charge in [0.05, 0.1) is 11.8 Å². The van der Waals surface area contributed by atoms with Gasteiger partial charge >= 0.3 is 5.97 Å². The molecule has 0 aromatic carbocycles. The molecule has 1 fully saturated rings. The molecule has 6 nitrogen and oxygen atoms in total. The molecule has 6 heteroatoms. The lowest BCUT2D eigenvalue weighted by molar-refractivity contribution is -0.146. The SMILES string of the molecule is CCC1C[C@H](C(=O)NCCCCC(N)=O)[C@H](C(=O)O)C1. The van der Waals surface area contributed by atoms with Gasteiger partial charge in [-0.05, 0) is 31.6 Å². The number of unbranched alkanes of at least 4 members (excludes halogenated alkanes) is 1. The molecule has 1 aliphatic rings. The number of aliphatic carboxylic acids is 1. The van der Waals surface area contributed by atoms with Crippen molar-refractivity contribution in [3.8, 4) is 0 Å². The molecule has 1 saturated carbocycles. The number of carbonyl (C=O) groups excluding carboxylic acids is 2. The second-order valence-corrected chi connectivity index (χ2v) is 5.51. The summed E-state index contributed by atoms with van der Waals surface area (Å²) < 4.78 is 0. The minimum atomic E-state index is -0.880. The largest absolute Gasteiger partial charge is 0.481 e. The number of amides is 2. The van der Waals surface area contributed by atoms with Crippen LogP contribution >= 0.6 is 0 Å². The van der Waals surface area contributed by atoms with Gasteiger partial charge in [0, 0.05) is 13.0 Å². The van der Waals surface area contributed by atoms with E-state index in [1.165, 1.54) is 0 Å². The molecule has 3 atom stereocenters. The number of nitrogens with two attached hydrogens (primary N) is 1. The molecule has 2 amide bonds. The maximum atomic E-state index is 12.1. The van der Waals surface area contributed by atoms with Crippen LogP contribution in [0.2, 0.25) is 0 Å². The predicted molar refractivity (Wildman–Crippen MR) is 73.7 cm³/mol. The Labute approximate surface area is 119 Å². The number of hydrogen-bond acceptors (Lipinski definition) is 3. The van der Waals surface area contributed by atoms with Gasteiger partial charge in [-0.3, -0.25) is 14.4 Å². The topological polar surface area (TPSA) is 109 Å². The van der Waals surface area contributed by atoms with Crippen LogP contribution in [0.15, 0.2) is 0 Å². The van der Waals surface area contributed by atoms with Crippen LogP contribution in [0.3, 0.4) is 0 Å². The fourth-order valence-corrected chi connectivity index (χ4v) is 2.81. The number of carbonyl (C=O) groups is 3. The summed E-state index contributed by atoms with van der Waals surface area (Å²) >= 11 is 0. The average Bonchev–Trinajstić information content (AvgIpc) is 2.82. The van der Waals surface area contributed by atoms with E-state index in [1.807, 2.05) is 6.92 Å². The van der Waals surface area contributed by atoms with Gasteiger partial charge in [0.25, 0.3) is 0 Å². The molecule has 1 aliphatic carbocycles. The Kier molecular flexibility index (Phi) is 6.48. The van der Waals surface area contributed by atoms with Crippen LogP contribution in [0.5, 0.6) is 0 Å². The van der Waals surface area contributed by atoms with Gasteiger partial charge in [-0.15, -0.1) is 0 Å². The Morgan fingerprint density at radius 1 is 1.20 bits per heavy atom. The average molecular weight is 284 g/mol. The monoisotopic (exact) mass is 284 g/mol. The zero-order valence-corrected chi connectivity index (χ0v) is 11.9. The van der Waals surface area contributed by atoms with E-state index in [0.29, 0.717) is 44.6 Å². The summed E-state index contributed by atoms with van der Waals surface area (Å²) in [4.78, 5) is 33.8. The summed E-state index contributed by atoms with van der Waals surface area (Å²) in [5.41, 5.74) is 5.02. The lowest BCUT2D eigenvalue weighted by atomic mass is 9.95. The number of rotatable bonds is 8. The van der Waals surface area contributed by atoms with E-state index in [4.69, 9.17) is 5.73 Å². The van der Waals surface area contributed by atoms with Gasteiger partial charge in [-0.1, -0.05) is 13.3 Å². The van der Waals surface area contributed by atoms with Crippen molar-refractivity contribution in [1.82, 2.24) is 5.32 Å². The minimum Gasteiger partial charge on any atom is -0.481 e. The van der Waals surface area contributed by atoms with E-state index in [-0.39, 0.29) is 11.8 Å². The van der Waals surface area contributed by atoms with E-state index in [1.54, 1.807) is 0 Å². The highest BCUT2D eigenvalue weighted by Gasteiger charge is 2.41. The van der Waals surface area contributed by atoms with Gasteiger partial charge in [0.1, 0.15) is 0 Å². The van der Waals surface area contributed by atoms with Gasteiger partial charge in [-0.2, -0.15) is 0 Å². The third kappa shape index (κ3) is 4.83. The first-order valence-electron chi connectivity index (χ1n) is 7.24. The molecule has 0 aromatic rings. The highest BCUT2D eigenvalue weighted by molar-refractivity contribution is 5.85. The summed E-state index contributed by atoms with van der Waals surface area (Å²) in [7, 11) is 0. The highest BCUT2D eigenvalue weighted by Crippen LogP contribution is 2.38. The summed E-state index contributed by atoms with van der Waals surface area (Å²) in [5, 5.41) is 12.0. The van der Waals surface area contributed by atoms with Crippen LogP contribution < -0.4 is 11.1 Å². The van der Waals surface area contributed by atoms with E-state index < -0.39 is 17.8 Å².